The smallest absolute Gasteiger partial charge is 0.371 e. The van der Waals surface area contributed by atoms with Crippen molar-refractivity contribution in [3.05, 3.63) is 15.6 Å². The third-order valence-corrected chi connectivity index (χ3v) is 4.45. The maximum atomic E-state index is 13.1. The van der Waals surface area contributed by atoms with Crippen molar-refractivity contribution in [1.82, 2.24) is 10.3 Å². The van der Waals surface area contributed by atoms with Crippen LogP contribution < -0.4 is 5.32 Å². The molecular weight excluding hydrogens is 301 g/mol. The van der Waals surface area contributed by atoms with Crippen molar-refractivity contribution in [3.8, 4) is 0 Å². The highest BCUT2D eigenvalue weighted by molar-refractivity contribution is 7.11. The third kappa shape index (κ3) is 4.40. The van der Waals surface area contributed by atoms with Crippen LogP contribution in [0.25, 0.3) is 0 Å². The molecule has 0 saturated heterocycles. The van der Waals surface area contributed by atoms with Crippen LogP contribution in [0, 0.1) is 5.92 Å². The molecule has 1 saturated carbocycles. The zero-order valence-electron chi connectivity index (χ0n) is 12.3. The van der Waals surface area contributed by atoms with Gasteiger partial charge in [0.2, 0.25) is 0 Å². The first-order chi connectivity index (χ1) is 9.97. The second-order valence-corrected chi connectivity index (χ2v) is 6.33. The van der Waals surface area contributed by atoms with Crippen LogP contribution in [-0.2, 0) is 17.5 Å². The minimum atomic E-state index is -4.40. The molecule has 0 amide bonds. The highest BCUT2D eigenvalue weighted by Crippen LogP contribution is 2.46. The third-order valence-electron chi connectivity index (χ3n) is 3.33. The summed E-state index contributed by atoms with van der Waals surface area (Å²) in [7, 11) is 0. The van der Waals surface area contributed by atoms with Crippen molar-refractivity contribution in [2.24, 2.45) is 5.92 Å². The number of halogens is 3. The van der Waals surface area contributed by atoms with E-state index in [9.17, 15) is 13.2 Å². The molecule has 0 aromatic carbocycles. The number of aromatic nitrogens is 1. The molecule has 0 radical (unpaired) electrons. The van der Waals surface area contributed by atoms with Gasteiger partial charge in [-0.3, -0.25) is 0 Å². The Morgan fingerprint density at radius 1 is 1.38 bits per heavy atom. The van der Waals surface area contributed by atoms with E-state index in [0.29, 0.717) is 24.1 Å². The maximum absolute atomic E-state index is 13.1. The van der Waals surface area contributed by atoms with E-state index < -0.39 is 11.9 Å². The molecule has 0 spiro atoms. The molecule has 1 aliphatic rings. The minimum Gasteiger partial charge on any atom is -0.371 e. The van der Waals surface area contributed by atoms with Crippen LogP contribution in [0.5, 0.6) is 0 Å². The average Bonchev–Trinajstić information content (AvgIpc) is 3.15. The number of alkyl halides is 3. The van der Waals surface area contributed by atoms with Crippen molar-refractivity contribution in [2.75, 3.05) is 13.2 Å². The summed E-state index contributed by atoms with van der Waals surface area (Å²) in [5.41, 5.74) is -0.753. The van der Waals surface area contributed by atoms with Gasteiger partial charge in [-0.15, -0.1) is 11.3 Å². The predicted molar refractivity (Wildman–Crippen MR) is 76.2 cm³/mol. The van der Waals surface area contributed by atoms with E-state index in [0.717, 1.165) is 30.6 Å². The molecule has 1 unspecified atom stereocenters. The van der Waals surface area contributed by atoms with E-state index in [1.54, 1.807) is 0 Å². The highest BCUT2D eigenvalue weighted by atomic mass is 32.1. The van der Waals surface area contributed by atoms with Crippen LogP contribution in [0.3, 0.4) is 0 Å². The van der Waals surface area contributed by atoms with Crippen molar-refractivity contribution in [3.63, 3.8) is 0 Å². The summed E-state index contributed by atoms with van der Waals surface area (Å²) in [6, 6.07) is 0. The Bertz CT molecular complexity index is 458. The molecular formula is C14H21F3N2OS. The summed E-state index contributed by atoms with van der Waals surface area (Å²) in [5, 5.41) is 3.49. The predicted octanol–water partition coefficient (Wildman–Crippen LogP) is 4.15. The molecule has 1 N–H and O–H groups in total. The van der Waals surface area contributed by atoms with Crippen LogP contribution in [0.2, 0.25) is 0 Å². The van der Waals surface area contributed by atoms with Gasteiger partial charge in [0.05, 0.1) is 4.88 Å². The van der Waals surface area contributed by atoms with Crippen molar-refractivity contribution in [2.45, 2.75) is 51.9 Å². The van der Waals surface area contributed by atoms with Crippen LogP contribution in [0.4, 0.5) is 13.2 Å². The van der Waals surface area contributed by atoms with E-state index >= 15 is 0 Å². The molecule has 1 aliphatic carbocycles. The molecule has 0 aliphatic heterocycles. The largest absolute Gasteiger partial charge is 0.434 e. The number of nitrogens with zero attached hydrogens (tertiary/aromatic N) is 1. The first-order valence-electron chi connectivity index (χ1n) is 7.36. The summed E-state index contributed by atoms with van der Waals surface area (Å²) >= 11 is 1.13. The van der Waals surface area contributed by atoms with E-state index in [2.05, 4.69) is 10.3 Å². The van der Waals surface area contributed by atoms with Gasteiger partial charge in [-0.25, -0.2) is 4.98 Å². The summed E-state index contributed by atoms with van der Waals surface area (Å²) in [5.74, 6) is 0.327. The quantitative estimate of drug-likeness (QED) is 0.730. The van der Waals surface area contributed by atoms with Crippen molar-refractivity contribution in [1.29, 1.82) is 0 Å². The fraction of sp³-hybridized carbons (Fsp3) is 0.786. The van der Waals surface area contributed by atoms with Crippen molar-refractivity contribution < 1.29 is 17.9 Å². The van der Waals surface area contributed by atoms with Crippen molar-refractivity contribution >= 4 is 11.3 Å². The highest BCUT2D eigenvalue weighted by Gasteiger charge is 2.41. The summed E-state index contributed by atoms with van der Waals surface area (Å²) < 4.78 is 45.0. The molecule has 1 atom stereocenters. The first-order valence-corrected chi connectivity index (χ1v) is 8.18. The van der Waals surface area contributed by atoms with E-state index in [-0.39, 0.29) is 17.5 Å². The van der Waals surface area contributed by atoms with Crippen LogP contribution in [-0.4, -0.2) is 18.1 Å². The lowest BCUT2D eigenvalue weighted by Crippen LogP contribution is -2.17. The standard InChI is InChI=1S/C14H21F3N2OS/c1-3-7-18-8-10-12(14(15,16)17)19-13(21-10)11(20-4-2)9-5-6-9/h9,11,18H,3-8H2,1-2H3. The van der Waals surface area contributed by atoms with Gasteiger partial charge in [0.25, 0.3) is 0 Å². The van der Waals surface area contributed by atoms with E-state index in [1.807, 2.05) is 13.8 Å². The Balaban J connectivity index is 2.21. The Hall–Kier alpha value is -0.660. The number of nitrogens with one attached hydrogen (secondary N) is 1. The molecule has 2 rings (SSSR count). The average molecular weight is 322 g/mol. The number of hydrogen-bond acceptors (Lipinski definition) is 4. The maximum Gasteiger partial charge on any atom is 0.434 e. The Kier molecular flexibility index (Phi) is 5.62. The van der Waals surface area contributed by atoms with Gasteiger partial charge < -0.3 is 10.1 Å². The Morgan fingerprint density at radius 2 is 2.10 bits per heavy atom. The van der Waals surface area contributed by atoms with E-state index in [4.69, 9.17) is 4.74 Å². The molecule has 1 heterocycles. The zero-order chi connectivity index (χ0) is 15.5. The molecule has 1 fully saturated rings. The van der Waals surface area contributed by atoms with Gasteiger partial charge in [0.15, 0.2) is 5.69 Å². The summed E-state index contributed by atoms with van der Waals surface area (Å²) in [4.78, 5) is 4.13. The number of hydrogen-bond donors (Lipinski definition) is 1. The normalized spacial score (nSPS) is 17.2. The molecule has 1 aromatic heterocycles. The van der Waals surface area contributed by atoms with E-state index in [1.165, 1.54) is 0 Å². The van der Waals surface area contributed by atoms with Gasteiger partial charge in [0, 0.05) is 13.2 Å². The van der Waals surface area contributed by atoms with Gasteiger partial charge in [-0.05, 0) is 38.6 Å². The molecule has 1 aromatic rings. The number of thiazole rings is 1. The van der Waals surface area contributed by atoms with Gasteiger partial charge in [-0.2, -0.15) is 13.2 Å². The fourth-order valence-corrected chi connectivity index (χ4v) is 3.40. The molecule has 3 nitrogen and oxygen atoms in total. The minimum absolute atomic E-state index is 0.212. The van der Waals surface area contributed by atoms with Gasteiger partial charge in [-0.1, -0.05) is 6.92 Å². The molecule has 0 bridgehead atoms. The fourth-order valence-electron chi connectivity index (χ4n) is 2.20. The lowest BCUT2D eigenvalue weighted by molar-refractivity contribution is -0.141. The second kappa shape index (κ2) is 7.07. The van der Waals surface area contributed by atoms with Crippen LogP contribution in [0.1, 0.15) is 54.8 Å². The molecule has 120 valence electrons. The molecule has 21 heavy (non-hydrogen) atoms. The SMILES string of the molecule is CCCNCc1sc(C(OCC)C2CC2)nc1C(F)(F)F. The monoisotopic (exact) mass is 322 g/mol. The lowest BCUT2D eigenvalue weighted by atomic mass is 10.2. The van der Waals surface area contributed by atoms with Crippen LogP contribution in [0.15, 0.2) is 0 Å². The topological polar surface area (TPSA) is 34.1 Å². The Morgan fingerprint density at radius 3 is 2.62 bits per heavy atom. The zero-order valence-corrected chi connectivity index (χ0v) is 13.1. The summed E-state index contributed by atoms with van der Waals surface area (Å²) in [6.07, 6.45) is -1.78. The van der Waals surface area contributed by atoms with Crippen LogP contribution >= 0.6 is 11.3 Å². The number of ether oxygens (including phenoxy) is 1. The number of rotatable bonds is 8. The summed E-state index contributed by atoms with van der Waals surface area (Å²) in [6.45, 7) is 5.24. The second-order valence-electron chi connectivity index (χ2n) is 5.21. The molecule has 7 heteroatoms. The Labute approximate surface area is 126 Å². The lowest BCUT2D eigenvalue weighted by Gasteiger charge is -2.13. The van der Waals surface area contributed by atoms with Gasteiger partial charge >= 0.3 is 6.18 Å². The first kappa shape index (κ1) is 16.7. The van der Waals surface area contributed by atoms with Gasteiger partial charge in [0.1, 0.15) is 11.1 Å².